The molecular weight excluding hydrogens is 394 g/mol. The summed E-state index contributed by atoms with van der Waals surface area (Å²) in [7, 11) is 1.44. The van der Waals surface area contributed by atoms with Crippen LogP contribution in [0.15, 0.2) is 16.6 Å². The van der Waals surface area contributed by atoms with Gasteiger partial charge in [0.05, 0.1) is 11.6 Å². The third-order valence-corrected chi connectivity index (χ3v) is 4.62. The molecule has 0 aliphatic carbocycles. The van der Waals surface area contributed by atoms with Gasteiger partial charge in [-0.05, 0) is 58.6 Å². The van der Waals surface area contributed by atoms with Crippen molar-refractivity contribution in [3.63, 3.8) is 0 Å². The second kappa shape index (κ2) is 8.46. The van der Waals surface area contributed by atoms with Crippen molar-refractivity contribution in [3.05, 3.63) is 22.2 Å². The average Bonchev–Trinajstić information content (AvgIpc) is 2.83. The standard InChI is InChI=1S/C15H21BrF2N2O2.ClH/c1-15(8-19)3-4-20(9-15)7-10-5-11(16)13(22-14(17)18)12(6-10)21-2;/h5-6,14H,3-4,7-9,19H2,1-2H3;1H. The fourth-order valence-electron chi connectivity index (χ4n) is 2.75. The van der Waals surface area contributed by atoms with E-state index in [2.05, 4.69) is 32.5 Å². The van der Waals surface area contributed by atoms with E-state index in [0.717, 1.165) is 31.6 Å². The Morgan fingerprint density at radius 2 is 2.13 bits per heavy atom. The first-order valence-electron chi connectivity index (χ1n) is 7.10. The largest absolute Gasteiger partial charge is 0.493 e. The van der Waals surface area contributed by atoms with Crippen molar-refractivity contribution < 1.29 is 18.3 Å². The first kappa shape index (κ1) is 20.4. The van der Waals surface area contributed by atoms with Gasteiger partial charge in [0.15, 0.2) is 11.5 Å². The number of methoxy groups -OCH3 is 1. The van der Waals surface area contributed by atoms with Crippen LogP contribution in [0.4, 0.5) is 8.78 Å². The van der Waals surface area contributed by atoms with E-state index in [1.54, 1.807) is 12.1 Å². The van der Waals surface area contributed by atoms with E-state index in [4.69, 9.17) is 10.5 Å². The number of nitrogens with zero attached hydrogens (tertiary/aromatic N) is 1. The van der Waals surface area contributed by atoms with Gasteiger partial charge in [0.1, 0.15) is 0 Å². The zero-order chi connectivity index (χ0) is 16.3. The molecule has 1 fully saturated rings. The summed E-state index contributed by atoms with van der Waals surface area (Å²) in [5.41, 5.74) is 6.95. The Morgan fingerprint density at radius 1 is 1.43 bits per heavy atom. The molecule has 1 saturated heterocycles. The molecular formula is C15H22BrClF2N2O2. The van der Waals surface area contributed by atoms with Gasteiger partial charge in [-0.25, -0.2) is 0 Å². The van der Waals surface area contributed by atoms with Crippen molar-refractivity contribution in [2.45, 2.75) is 26.5 Å². The summed E-state index contributed by atoms with van der Waals surface area (Å²) in [6.07, 6.45) is 1.06. The van der Waals surface area contributed by atoms with Crippen molar-refractivity contribution in [2.75, 3.05) is 26.7 Å². The molecule has 0 amide bonds. The van der Waals surface area contributed by atoms with Crippen LogP contribution in [-0.4, -0.2) is 38.3 Å². The van der Waals surface area contributed by atoms with Crippen molar-refractivity contribution in [3.8, 4) is 11.5 Å². The van der Waals surface area contributed by atoms with E-state index in [1.807, 2.05) is 0 Å². The van der Waals surface area contributed by atoms with E-state index < -0.39 is 6.61 Å². The van der Waals surface area contributed by atoms with Crippen LogP contribution in [0.2, 0.25) is 0 Å². The number of likely N-dealkylation sites (tertiary alicyclic amines) is 1. The fourth-order valence-corrected chi connectivity index (χ4v) is 3.34. The molecule has 0 bridgehead atoms. The van der Waals surface area contributed by atoms with Crippen LogP contribution < -0.4 is 15.2 Å². The summed E-state index contributed by atoms with van der Waals surface area (Å²) in [5, 5.41) is 0. The maximum Gasteiger partial charge on any atom is 0.387 e. The van der Waals surface area contributed by atoms with Gasteiger partial charge >= 0.3 is 6.61 Å². The lowest BCUT2D eigenvalue weighted by Gasteiger charge is -2.23. The van der Waals surface area contributed by atoms with Gasteiger partial charge in [-0.1, -0.05) is 6.92 Å². The quantitative estimate of drug-likeness (QED) is 0.770. The molecule has 23 heavy (non-hydrogen) atoms. The molecule has 1 aromatic carbocycles. The molecule has 1 atom stereocenters. The summed E-state index contributed by atoms with van der Waals surface area (Å²) in [6, 6.07) is 3.53. The van der Waals surface area contributed by atoms with E-state index in [9.17, 15) is 8.78 Å². The molecule has 1 aliphatic rings. The Kier molecular flexibility index (Phi) is 7.51. The number of nitrogens with two attached hydrogens (primary N) is 1. The minimum Gasteiger partial charge on any atom is -0.493 e. The minimum atomic E-state index is -2.89. The van der Waals surface area contributed by atoms with Gasteiger partial charge in [-0.3, -0.25) is 4.90 Å². The van der Waals surface area contributed by atoms with Crippen LogP contribution in [0.5, 0.6) is 11.5 Å². The van der Waals surface area contributed by atoms with E-state index in [1.165, 1.54) is 7.11 Å². The maximum absolute atomic E-state index is 12.5. The van der Waals surface area contributed by atoms with Gasteiger partial charge in [-0.2, -0.15) is 8.78 Å². The second-order valence-electron chi connectivity index (χ2n) is 5.96. The average molecular weight is 416 g/mol. The third kappa shape index (κ3) is 5.17. The van der Waals surface area contributed by atoms with Crippen LogP contribution in [0.1, 0.15) is 18.9 Å². The molecule has 0 radical (unpaired) electrons. The molecule has 1 aliphatic heterocycles. The molecule has 132 valence electrons. The van der Waals surface area contributed by atoms with Gasteiger partial charge in [0.2, 0.25) is 0 Å². The first-order valence-corrected chi connectivity index (χ1v) is 7.90. The van der Waals surface area contributed by atoms with Crippen LogP contribution in [0.3, 0.4) is 0 Å². The van der Waals surface area contributed by atoms with Crippen LogP contribution in [0, 0.1) is 5.41 Å². The molecule has 1 unspecified atom stereocenters. The Morgan fingerprint density at radius 3 is 2.65 bits per heavy atom. The fraction of sp³-hybridized carbons (Fsp3) is 0.600. The van der Waals surface area contributed by atoms with Gasteiger partial charge < -0.3 is 15.2 Å². The Labute approximate surface area is 149 Å². The Hall–Kier alpha value is -0.630. The van der Waals surface area contributed by atoms with Crippen LogP contribution in [-0.2, 0) is 6.54 Å². The number of rotatable bonds is 6. The summed E-state index contributed by atoms with van der Waals surface area (Å²) < 4.78 is 35.0. The highest BCUT2D eigenvalue weighted by molar-refractivity contribution is 9.10. The highest BCUT2D eigenvalue weighted by atomic mass is 79.9. The maximum atomic E-state index is 12.5. The predicted octanol–water partition coefficient (Wildman–Crippen LogP) is 3.65. The smallest absolute Gasteiger partial charge is 0.387 e. The van der Waals surface area contributed by atoms with Gasteiger partial charge in [0, 0.05) is 13.1 Å². The molecule has 8 heteroatoms. The Bertz CT molecular complexity index is 536. The van der Waals surface area contributed by atoms with Gasteiger partial charge in [0.25, 0.3) is 0 Å². The molecule has 0 saturated carbocycles. The highest BCUT2D eigenvalue weighted by Gasteiger charge is 2.32. The highest BCUT2D eigenvalue weighted by Crippen LogP contribution is 2.38. The van der Waals surface area contributed by atoms with Crippen molar-refractivity contribution >= 4 is 28.3 Å². The first-order chi connectivity index (χ1) is 10.4. The number of hydrogen-bond acceptors (Lipinski definition) is 4. The topological polar surface area (TPSA) is 47.7 Å². The Balaban J connectivity index is 0.00000264. The number of ether oxygens (including phenoxy) is 2. The second-order valence-corrected chi connectivity index (χ2v) is 6.82. The number of benzene rings is 1. The summed E-state index contributed by atoms with van der Waals surface area (Å²) in [6.45, 7) is 2.59. The van der Waals surface area contributed by atoms with E-state index in [0.29, 0.717) is 16.8 Å². The molecule has 2 rings (SSSR count). The van der Waals surface area contributed by atoms with E-state index >= 15 is 0 Å². The molecule has 2 N–H and O–H groups in total. The summed E-state index contributed by atoms with van der Waals surface area (Å²) in [5.74, 6) is 0.319. The van der Waals surface area contributed by atoms with E-state index in [-0.39, 0.29) is 23.6 Å². The number of halogens is 4. The SMILES string of the molecule is COc1cc(CN2CCC(C)(CN)C2)cc(Br)c1OC(F)F.Cl. The van der Waals surface area contributed by atoms with Crippen molar-refractivity contribution in [1.82, 2.24) is 4.90 Å². The lowest BCUT2D eigenvalue weighted by atomic mass is 9.90. The molecule has 0 aromatic heterocycles. The van der Waals surface area contributed by atoms with Crippen molar-refractivity contribution in [1.29, 1.82) is 0 Å². The van der Waals surface area contributed by atoms with Crippen LogP contribution >= 0.6 is 28.3 Å². The summed E-state index contributed by atoms with van der Waals surface area (Å²) >= 11 is 3.28. The molecule has 4 nitrogen and oxygen atoms in total. The molecule has 1 heterocycles. The zero-order valence-corrected chi connectivity index (χ0v) is 15.6. The van der Waals surface area contributed by atoms with Crippen molar-refractivity contribution in [2.24, 2.45) is 11.1 Å². The van der Waals surface area contributed by atoms with Gasteiger partial charge in [-0.15, -0.1) is 12.4 Å². The molecule has 1 aromatic rings. The summed E-state index contributed by atoms with van der Waals surface area (Å²) in [4.78, 5) is 2.31. The van der Waals surface area contributed by atoms with Crippen LogP contribution in [0.25, 0.3) is 0 Å². The lowest BCUT2D eigenvalue weighted by molar-refractivity contribution is -0.0517. The number of hydrogen-bond donors (Lipinski definition) is 1. The lowest BCUT2D eigenvalue weighted by Crippen LogP contribution is -2.31. The predicted molar refractivity (Wildman–Crippen MR) is 91.6 cm³/mol. The number of alkyl halides is 2. The minimum absolute atomic E-state index is 0. The zero-order valence-electron chi connectivity index (χ0n) is 13.2. The third-order valence-electron chi connectivity index (χ3n) is 4.03. The monoisotopic (exact) mass is 414 g/mol. The molecule has 0 spiro atoms. The normalized spacial score (nSPS) is 21.3.